The van der Waals surface area contributed by atoms with Gasteiger partial charge in [0, 0.05) is 12.5 Å². The second kappa shape index (κ2) is 4.63. The van der Waals surface area contributed by atoms with Gasteiger partial charge in [0.2, 0.25) is 0 Å². The number of thiocarbonyl (C=S) groups is 1. The molecule has 0 bridgehead atoms. The first-order valence-corrected chi connectivity index (χ1v) is 3.97. The summed E-state index contributed by atoms with van der Waals surface area (Å²) in [5.41, 5.74) is 5.39. The van der Waals surface area contributed by atoms with Crippen LogP contribution in [0.15, 0.2) is 0 Å². The van der Waals surface area contributed by atoms with E-state index in [9.17, 15) is 0 Å². The molecule has 0 aliphatic heterocycles. The van der Waals surface area contributed by atoms with Gasteiger partial charge in [0.1, 0.15) is 0 Å². The lowest BCUT2D eigenvalue weighted by Gasteiger charge is -2.21. The number of hydrogen-bond donors (Lipinski definition) is 1. The Hall–Kier alpha value is -0.150. The maximum atomic E-state index is 5.39. The lowest BCUT2D eigenvalue weighted by molar-refractivity contribution is 0.277. The molecule has 1 atom stereocenters. The van der Waals surface area contributed by atoms with Crippen LogP contribution in [0.2, 0.25) is 0 Å². The van der Waals surface area contributed by atoms with Crippen molar-refractivity contribution in [2.75, 3.05) is 13.6 Å². The van der Waals surface area contributed by atoms with Gasteiger partial charge >= 0.3 is 0 Å². The Morgan fingerprint density at radius 1 is 1.70 bits per heavy atom. The fraction of sp³-hybridized carbons (Fsp3) is 0.857. The molecule has 0 radical (unpaired) electrons. The van der Waals surface area contributed by atoms with Gasteiger partial charge in [0.05, 0.1) is 4.99 Å². The third-order valence-corrected chi connectivity index (χ3v) is 1.91. The van der Waals surface area contributed by atoms with E-state index in [1.807, 2.05) is 0 Å². The number of nitrogens with two attached hydrogens (primary N) is 1. The van der Waals surface area contributed by atoms with Crippen LogP contribution in [0.4, 0.5) is 0 Å². The topological polar surface area (TPSA) is 29.3 Å². The Balaban J connectivity index is 3.61. The monoisotopic (exact) mass is 160 g/mol. The SMILES string of the molecule is CCN(C)C(C)CC(N)=S. The molecule has 0 saturated heterocycles. The summed E-state index contributed by atoms with van der Waals surface area (Å²) in [6, 6.07) is 0.475. The highest BCUT2D eigenvalue weighted by Crippen LogP contribution is 1.99. The Kier molecular flexibility index (Phi) is 4.56. The third kappa shape index (κ3) is 3.80. The maximum absolute atomic E-state index is 5.39. The van der Waals surface area contributed by atoms with E-state index >= 15 is 0 Å². The van der Waals surface area contributed by atoms with E-state index in [0.29, 0.717) is 11.0 Å². The first-order chi connectivity index (χ1) is 4.57. The van der Waals surface area contributed by atoms with Gasteiger partial charge < -0.3 is 10.6 Å². The summed E-state index contributed by atoms with van der Waals surface area (Å²) in [5.74, 6) is 0. The zero-order valence-electron chi connectivity index (χ0n) is 6.92. The molecule has 2 nitrogen and oxygen atoms in total. The summed E-state index contributed by atoms with van der Waals surface area (Å²) in [6.07, 6.45) is 0.819. The van der Waals surface area contributed by atoms with E-state index in [0.717, 1.165) is 13.0 Å². The van der Waals surface area contributed by atoms with Crippen molar-refractivity contribution in [2.45, 2.75) is 26.3 Å². The van der Waals surface area contributed by atoms with Crippen molar-refractivity contribution in [3.8, 4) is 0 Å². The minimum atomic E-state index is 0.475. The zero-order valence-corrected chi connectivity index (χ0v) is 7.74. The van der Waals surface area contributed by atoms with E-state index in [1.165, 1.54) is 0 Å². The molecule has 0 aliphatic carbocycles. The van der Waals surface area contributed by atoms with E-state index < -0.39 is 0 Å². The van der Waals surface area contributed by atoms with Gasteiger partial charge in [-0.25, -0.2) is 0 Å². The molecule has 0 fully saturated rings. The standard InChI is InChI=1S/C7H16N2S/c1-4-9(3)6(2)5-7(8)10/h6H,4-5H2,1-3H3,(H2,8,10). The van der Waals surface area contributed by atoms with Crippen LogP contribution in [0.3, 0.4) is 0 Å². The second-order valence-corrected chi connectivity index (χ2v) is 3.12. The van der Waals surface area contributed by atoms with Crippen molar-refractivity contribution in [3.05, 3.63) is 0 Å². The highest BCUT2D eigenvalue weighted by molar-refractivity contribution is 7.80. The van der Waals surface area contributed by atoms with E-state index in [1.54, 1.807) is 0 Å². The van der Waals surface area contributed by atoms with Crippen molar-refractivity contribution in [3.63, 3.8) is 0 Å². The molecule has 0 aromatic heterocycles. The van der Waals surface area contributed by atoms with Gasteiger partial charge in [0.15, 0.2) is 0 Å². The lowest BCUT2D eigenvalue weighted by atomic mass is 10.2. The molecule has 0 spiro atoms. The quantitative estimate of drug-likeness (QED) is 0.622. The summed E-state index contributed by atoms with van der Waals surface area (Å²) >= 11 is 4.79. The summed E-state index contributed by atoms with van der Waals surface area (Å²) in [5, 5.41) is 0. The molecule has 0 aliphatic rings. The predicted octanol–water partition coefficient (Wildman–Crippen LogP) is 1.00. The zero-order chi connectivity index (χ0) is 8.15. The fourth-order valence-corrected chi connectivity index (χ4v) is 1.000. The van der Waals surface area contributed by atoms with Crippen molar-refractivity contribution in [1.82, 2.24) is 4.90 Å². The lowest BCUT2D eigenvalue weighted by Crippen LogP contribution is -2.32. The molecule has 60 valence electrons. The molecule has 0 saturated carbocycles. The molecular formula is C7H16N2S. The van der Waals surface area contributed by atoms with Crippen LogP contribution < -0.4 is 5.73 Å². The van der Waals surface area contributed by atoms with Crippen LogP contribution in [-0.4, -0.2) is 29.5 Å². The minimum absolute atomic E-state index is 0.475. The van der Waals surface area contributed by atoms with Crippen LogP contribution in [0, 0.1) is 0 Å². The number of nitrogens with zero attached hydrogens (tertiary/aromatic N) is 1. The smallest absolute Gasteiger partial charge is 0.0742 e. The first-order valence-electron chi connectivity index (χ1n) is 3.56. The minimum Gasteiger partial charge on any atom is -0.393 e. The maximum Gasteiger partial charge on any atom is 0.0742 e. The number of hydrogen-bond acceptors (Lipinski definition) is 2. The highest BCUT2D eigenvalue weighted by atomic mass is 32.1. The van der Waals surface area contributed by atoms with Crippen molar-refractivity contribution < 1.29 is 0 Å². The molecule has 3 heteroatoms. The highest BCUT2D eigenvalue weighted by Gasteiger charge is 2.06. The van der Waals surface area contributed by atoms with E-state index in [2.05, 4.69) is 25.8 Å². The Bertz CT molecular complexity index is 114. The molecule has 0 aromatic rings. The normalized spacial score (nSPS) is 13.6. The van der Waals surface area contributed by atoms with Gasteiger partial charge in [0.25, 0.3) is 0 Å². The van der Waals surface area contributed by atoms with Crippen LogP contribution >= 0.6 is 12.2 Å². The van der Waals surface area contributed by atoms with Crippen molar-refractivity contribution >= 4 is 17.2 Å². The van der Waals surface area contributed by atoms with Crippen LogP contribution in [0.5, 0.6) is 0 Å². The van der Waals surface area contributed by atoms with Crippen LogP contribution in [0.1, 0.15) is 20.3 Å². The molecule has 10 heavy (non-hydrogen) atoms. The van der Waals surface area contributed by atoms with E-state index in [-0.39, 0.29) is 0 Å². The molecular weight excluding hydrogens is 144 g/mol. The Morgan fingerprint density at radius 2 is 2.20 bits per heavy atom. The second-order valence-electron chi connectivity index (χ2n) is 2.59. The predicted molar refractivity (Wildman–Crippen MR) is 49.2 cm³/mol. The molecule has 1 unspecified atom stereocenters. The van der Waals surface area contributed by atoms with Crippen LogP contribution in [-0.2, 0) is 0 Å². The fourth-order valence-electron chi connectivity index (χ4n) is 0.759. The van der Waals surface area contributed by atoms with Crippen LogP contribution in [0.25, 0.3) is 0 Å². The molecule has 0 rings (SSSR count). The van der Waals surface area contributed by atoms with Crippen molar-refractivity contribution in [1.29, 1.82) is 0 Å². The van der Waals surface area contributed by atoms with Gasteiger partial charge in [-0.05, 0) is 20.5 Å². The third-order valence-electron chi connectivity index (χ3n) is 1.75. The molecule has 0 heterocycles. The average molecular weight is 160 g/mol. The summed E-state index contributed by atoms with van der Waals surface area (Å²) in [4.78, 5) is 2.83. The molecule has 2 N–H and O–H groups in total. The summed E-state index contributed by atoms with van der Waals surface area (Å²) in [7, 11) is 2.07. The van der Waals surface area contributed by atoms with Gasteiger partial charge in [-0.1, -0.05) is 19.1 Å². The van der Waals surface area contributed by atoms with Crippen molar-refractivity contribution in [2.24, 2.45) is 5.73 Å². The number of rotatable bonds is 4. The van der Waals surface area contributed by atoms with E-state index in [4.69, 9.17) is 18.0 Å². The Morgan fingerprint density at radius 3 is 2.50 bits per heavy atom. The van der Waals surface area contributed by atoms with Gasteiger partial charge in [-0.15, -0.1) is 0 Å². The summed E-state index contributed by atoms with van der Waals surface area (Å²) in [6.45, 7) is 5.29. The average Bonchev–Trinajstić information content (AvgIpc) is 1.85. The summed E-state index contributed by atoms with van der Waals surface area (Å²) < 4.78 is 0. The van der Waals surface area contributed by atoms with Gasteiger partial charge in [-0.3, -0.25) is 0 Å². The Labute approximate surface area is 68.4 Å². The largest absolute Gasteiger partial charge is 0.393 e. The van der Waals surface area contributed by atoms with Gasteiger partial charge in [-0.2, -0.15) is 0 Å². The molecule has 0 amide bonds. The molecule has 0 aromatic carbocycles. The first kappa shape index (κ1) is 9.85.